The van der Waals surface area contributed by atoms with Crippen molar-refractivity contribution in [1.82, 2.24) is 0 Å². The highest BCUT2D eigenvalue weighted by Gasteiger charge is 2.38. The van der Waals surface area contributed by atoms with Crippen LogP contribution in [-0.4, -0.2) is 6.29 Å². The Hall–Kier alpha value is -0.330. The van der Waals surface area contributed by atoms with Crippen molar-refractivity contribution in [2.45, 2.75) is 84.0 Å². The highest BCUT2D eigenvalue weighted by molar-refractivity contribution is 5.53. The zero-order chi connectivity index (χ0) is 14.7. The molecule has 1 heteroatoms. The number of aldehydes is 1. The lowest BCUT2D eigenvalue weighted by molar-refractivity contribution is -0.112. The van der Waals surface area contributed by atoms with Gasteiger partial charge >= 0.3 is 0 Å². The molecule has 0 amide bonds. The Labute approximate surface area is 131 Å². The molecule has 3 rings (SSSR count). The van der Waals surface area contributed by atoms with Crippen molar-refractivity contribution >= 4 is 6.29 Å². The van der Waals surface area contributed by atoms with Gasteiger partial charge in [-0.05, 0) is 87.4 Å². The average Bonchev–Trinajstić information content (AvgIpc) is 2.55. The van der Waals surface area contributed by atoms with Gasteiger partial charge in [0.25, 0.3) is 0 Å². The van der Waals surface area contributed by atoms with Crippen molar-refractivity contribution in [1.29, 1.82) is 0 Å². The standard InChI is InChI=1S/C20H34O/c1-2-3-15-4-9-20-13-19(11-10-18(20)12-15)17-7-5-16(14-21)6-8-17/h14-20H,2-13H2,1H3/t15?,16?,17?,18-,19?,20+/m0/s1. The number of hydrogen-bond acceptors (Lipinski definition) is 1. The molecule has 0 heterocycles. The van der Waals surface area contributed by atoms with Gasteiger partial charge in [0.15, 0.2) is 0 Å². The molecule has 3 saturated carbocycles. The van der Waals surface area contributed by atoms with Crippen LogP contribution in [0.3, 0.4) is 0 Å². The minimum atomic E-state index is 0.391. The number of fused-ring (bicyclic) bond motifs is 1. The van der Waals surface area contributed by atoms with E-state index < -0.39 is 0 Å². The fraction of sp³-hybridized carbons (Fsp3) is 0.950. The molecule has 0 aliphatic heterocycles. The SMILES string of the molecule is CCCC1CC[C@@H]2CC(C3CCC(C=O)CC3)CC[C@H]2C1. The number of rotatable bonds is 4. The molecule has 21 heavy (non-hydrogen) atoms. The summed E-state index contributed by atoms with van der Waals surface area (Å²) < 4.78 is 0. The zero-order valence-electron chi connectivity index (χ0n) is 13.9. The predicted molar refractivity (Wildman–Crippen MR) is 88.1 cm³/mol. The van der Waals surface area contributed by atoms with Crippen LogP contribution in [0.5, 0.6) is 0 Å². The lowest BCUT2D eigenvalue weighted by Crippen LogP contribution is -2.34. The fourth-order valence-electron chi connectivity index (χ4n) is 5.87. The molecular formula is C20H34O. The van der Waals surface area contributed by atoms with Gasteiger partial charge in [0.1, 0.15) is 6.29 Å². The smallest absolute Gasteiger partial charge is 0.123 e. The zero-order valence-corrected chi connectivity index (χ0v) is 13.9. The van der Waals surface area contributed by atoms with Gasteiger partial charge in [-0.25, -0.2) is 0 Å². The van der Waals surface area contributed by atoms with Crippen molar-refractivity contribution in [2.75, 3.05) is 0 Å². The first kappa shape index (κ1) is 15.6. The molecule has 0 aromatic rings. The highest BCUT2D eigenvalue weighted by Crippen LogP contribution is 2.49. The van der Waals surface area contributed by atoms with Crippen LogP contribution in [0.25, 0.3) is 0 Å². The Kier molecular flexibility index (Phi) is 5.40. The van der Waals surface area contributed by atoms with Crippen molar-refractivity contribution in [3.05, 3.63) is 0 Å². The molecule has 4 atom stereocenters. The molecule has 3 aliphatic carbocycles. The Morgan fingerprint density at radius 2 is 1.33 bits per heavy atom. The molecular weight excluding hydrogens is 256 g/mol. The van der Waals surface area contributed by atoms with Gasteiger partial charge in [-0.1, -0.05) is 26.2 Å². The maximum atomic E-state index is 10.9. The Bertz CT molecular complexity index is 329. The van der Waals surface area contributed by atoms with E-state index >= 15 is 0 Å². The van der Waals surface area contributed by atoms with Crippen LogP contribution in [0.2, 0.25) is 0 Å². The van der Waals surface area contributed by atoms with E-state index in [-0.39, 0.29) is 0 Å². The highest BCUT2D eigenvalue weighted by atomic mass is 16.1. The topological polar surface area (TPSA) is 17.1 Å². The summed E-state index contributed by atoms with van der Waals surface area (Å²) in [5.41, 5.74) is 0. The Balaban J connectivity index is 1.48. The van der Waals surface area contributed by atoms with E-state index in [0.29, 0.717) is 5.92 Å². The predicted octanol–water partition coefficient (Wildman–Crippen LogP) is 5.62. The molecule has 0 N–H and O–H groups in total. The van der Waals surface area contributed by atoms with E-state index in [2.05, 4.69) is 6.92 Å². The molecule has 0 radical (unpaired) electrons. The summed E-state index contributed by atoms with van der Waals surface area (Å²) in [6.45, 7) is 2.35. The van der Waals surface area contributed by atoms with Crippen LogP contribution in [0.1, 0.15) is 84.0 Å². The second-order valence-corrected chi connectivity index (χ2v) is 8.37. The molecule has 0 spiro atoms. The Morgan fingerprint density at radius 1 is 0.762 bits per heavy atom. The first-order valence-corrected chi connectivity index (χ1v) is 9.75. The number of carbonyl (C=O) groups is 1. The molecule has 2 unspecified atom stereocenters. The van der Waals surface area contributed by atoms with Gasteiger partial charge in [-0.3, -0.25) is 0 Å². The Morgan fingerprint density at radius 3 is 2.00 bits per heavy atom. The number of hydrogen-bond donors (Lipinski definition) is 0. The molecule has 3 aliphatic rings. The van der Waals surface area contributed by atoms with Crippen LogP contribution in [0.15, 0.2) is 0 Å². The summed E-state index contributed by atoms with van der Waals surface area (Å²) in [5.74, 6) is 5.52. The third kappa shape index (κ3) is 3.71. The molecule has 0 bridgehead atoms. The molecule has 0 aromatic heterocycles. The van der Waals surface area contributed by atoms with Crippen LogP contribution in [0, 0.1) is 35.5 Å². The van der Waals surface area contributed by atoms with Gasteiger partial charge in [0, 0.05) is 5.92 Å². The molecule has 0 aromatic carbocycles. The van der Waals surface area contributed by atoms with Crippen LogP contribution in [-0.2, 0) is 4.79 Å². The van der Waals surface area contributed by atoms with E-state index in [1.807, 2.05) is 0 Å². The van der Waals surface area contributed by atoms with Crippen LogP contribution >= 0.6 is 0 Å². The third-order valence-electron chi connectivity index (χ3n) is 7.13. The summed E-state index contributed by atoms with van der Waals surface area (Å²) in [4.78, 5) is 10.9. The summed E-state index contributed by atoms with van der Waals surface area (Å²) >= 11 is 0. The summed E-state index contributed by atoms with van der Waals surface area (Å²) in [6.07, 6.45) is 18.2. The first-order valence-electron chi connectivity index (χ1n) is 9.75. The van der Waals surface area contributed by atoms with Crippen molar-refractivity contribution in [3.63, 3.8) is 0 Å². The first-order chi connectivity index (χ1) is 10.3. The molecule has 3 fully saturated rings. The van der Waals surface area contributed by atoms with Gasteiger partial charge in [0.2, 0.25) is 0 Å². The minimum Gasteiger partial charge on any atom is -0.303 e. The second-order valence-electron chi connectivity index (χ2n) is 8.37. The fourth-order valence-corrected chi connectivity index (χ4v) is 5.87. The largest absolute Gasteiger partial charge is 0.303 e. The van der Waals surface area contributed by atoms with Gasteiger partial charge in [0.05, 0.1) is 0 Å². The van der Waals surface area contributed by atoms with Crippen molar-refractivity contribution in [3.8, 4) is 0 Å². The summed E-state index contributed by atoms with van der Waals surface area (Å²) in [7, 11) is 0. The van der Waals surface area contributed by atoms with Gasteiger partial charge in [-0.15, -0.1) is 0 Å². The average molecular weight is 290 g/mol. The van der Waals surface area contributed by atoms with E-state index in [0.717, 1.165) is 29.6 Å². The molecule has 1 nitrogen and oxygen atoms in total. The van der Waals surface area contributed by atoms with Crippen LogP contribution < -0.4 is 0 Å². The van der Waals surface area contributed by atoms with Crippen molar-refractivity contribution < 1.29 is 4.79 Å². The van der Waals surface area contributed by atoms with Crippen LogP contribution in [0.4, 0.5) is 0 Å². The second kappa shape index (κ2) is 7.29. The lowest BCUT2D eigenvalue weighted by atomic mass is 9.60. The summed E-state index contributed by atoms with van der Waals surface area (Å²) in [5, 5.41) is 0. The number of carbonyl (C=O) groups excluding carboxylic acids is 1. The van der Waals surface area contributed by atoms with Gasteiger partial charge < -0.3 is 4.79 Å². The third-order valence-corrected chi connectivity index (χ3v) is 7.13. The maximum absolute atomic E-state index is 10.9. The van der Waals surface area contributed by atoms with E-state index in [9.17, 15) is 4.79 Å². The van der Waals surface area contributed by atoms with Gasteiger partial charge in [-0.2, -0.15) is 0 Å². The quantitative estimate of drug-likeness (QED) is 0.614. The molecule has 120 valence electrons. The van der Waals surface area contributed by atoms with Crippen molar-refractivity contribution in [2.24, 2.45) is 35.5 Å². The monoisotopic (exact) mass is 290 g/mol. The van der Waals surface area contributed by atoms with E-state index in [1.54, 1.807) is 6.42 Å². The van der Waals surface area contributed by atoms with E-state index in [4.69, 9.17) is 0 Å². The minimum absolute atomic E-state index is 0.391. The normalized spacial score (nSPS) is 44.0. The molecule has 0 saturated heterocycles. The maximum Gasteiger partial charge on any atom is 0.123 e. The lowest BCUT2D eigenvalue weighted by Gasteiger charge is -2.45. The van der Waals surface area contributed by atoms with E-state index in [1.165, 1.54) is 76.9 Å². The summed E-state index contributed by atoms with van der Waals surface area (Å²) in [6, 6.07) is 0.